The minimum Gasteiger partial charge on any atom is -0.354 e. The SMILES string of the molecule is Cc1[nH]c(C(=O)NC2CCNCC2)cc1Cc1ccc(C(F)(F)F)nc1. The number of halogens is 3. The molecule has 8 heteroatoms. The van der Waals surface area contributed by atoms with Crippen LogP contribution in [0.25, 0.3) is 0 Å². The highest BCUT2D eigenvalue weighted by Gasteiger charge is 2.32. The first-order valence-electron chi connectivity index (χ1n) is 8.55. The Bertz CT molecular complexity index is 762. The van der Waals surface area contributed by atoms with E-state index < -0.39 is 11.9 Å². The van der Waals surface area contributed by atoms with Crippen molar-refractivity contribution < 1.29 is 18.0 Å². The van der Waals surface area contributed by atoms with Crippen LogP contribution in [0, 0.1) is 6.92 Å². The van der Waals surface area contributed by atoms with E-state index in [1.807, 2.05) is 6.92 Å². The second-order valence-electron chi connectivity index (χ2n) is 6.56. The molecule has 2 aromatic heterocycles. The third-order valence-electron chi connectivity index (χ3n) is 4.55. The van der Waals surface area contributed by atoms with Gasteiger partial charge in [0.1, 0.15) is 11.4 Å². The minimum atomic E-state index is -4.44. The lowest BCUT2D eigenvalue weighted by Gasteiger charge is -2.23. The summed E-state index contributed by atoms with van der Waals surface area (Å²) in [6.07, 6.45) is -1.01. The van der Waals surface area contributed by atoms with Crippen molar-refractivity contribution in [2.24, 2.45) is 0 Å². The Morgan fingerprint density at radius 1 is 1.31 bits per heavy atom. The molecule has 0 aliphatic carbocycles. The molecule has 5 nitrogen and oxygen atoms in total. The zero-order valence-electron chi connectivity index (χ0n) is 14.4. The van der Waals surface area contributed by atoms with Gasteiger partial charge >= 0.3 is 6.18 Å². The van der Waals surface area contributed by atoms with Crippen LogP contribution in [0.3, 0.4) is 0 Å². The number of rotatable bonds is 4. The van der Waals surface area contributed by atoms with Gasteiger partial charge in [0.15, 0.2) is 0 Å². The van der Waals surface area contributed by atoms with Crippen LogP contribution < -0.4 is 10.6 Å². The molecular weight excluding hydrogens is 345 g/mol. The number of piperidine rings is 1. The summed E-state index contributed by atoms with van der Waals surface area (Å²) in [6.45, 7) is 3.62. The lowest BCUT2D eigenvalue weighted by atomic mass is 10.1. The molecule has 3 rings (SSSR count). The number of carbonyl (C=O) groups excluding carboxylic acids is 1. The van der Waals surface area contributed by atoms with E-state index >= 15 is 0 Å². The summed E-state index contributed by atoms with van der Waals surface area (Å²) in [4.78, 5) is 18.9. The van der Waals surface area contributed by atoms with Crippen LogP contribution in [0.4, 0.5) is 13.2 Å². The van der Waals surface area contributed by atoms with Crippen molar-refractivity contribution in [3.05, 3.63) is 52.6 Å². The molecule has 1 aliphatic heterocycles. The topological polar surface area (TPSA) is 69.8 Å². The molecule has 1 fully saturated rings. The van der Waals surface area contributed by atoms with E-state index in [4.69, 9.17) is 0 Å². The Morgan fingerprint density at radius 2 is 2.04 bits per heavy atom. The standard InChI is InChI=1S/C18H21F3N4O/c1-11-13(8-12-2-3-16(23-10-12)18(19,20)21)9-15(24-11)17(26)25-14-4-6-22-7-5-14/h2-3,9-10,14,22,24H,4-8H2,1H3,(H,25,26). The number of nitrogens with zero attached hydrogens (tertiary/aromatic N) is 1. The van der Waals surface area contributed by atoms with Crippen LogP contribution in [-0.4, -0.2) is 35.0 Å². The number of aromatic amines is 1. The summed E-state index contributed by atoms with van der Waals surface area (Å²) in [5.74, 6) is -0.156. The van der Waals surface area contributed by atoms with Crippen molar-refractivity contribution in [2.45, 2.75) is 38.4 Å². The van der Waals surface area contributed by atoms with Gasteiger partial charge in [-0.1, -0.05) is 6.07 Å². The van der Waals surface area contributed by atoms with Crippen molar-refractivity contribution in [2.75, 3.05) is 13.1 Å². The Hall–Kier alpha value is -2.35. The van der Waals surface area contributed by atoms with E-state index in [0.29, 0.717) is 17.7 Å². The number of nitrogens with one attached hydrogen (secondary N) is 3. The first-order valence-corrected chi connectivity index (χ1v) is 8.55. The van der Waals surface area contributed by atoms with Crippen LogP contribution in [-0.2, 0) is 12.6 Å². The summed E-state index contributed by atoms with van der Waals surface area (Å²) < 4.78 is 37.7. The highest BCUT2D eigenvalue weighted by Crippen LogP contribution is 2.27. The molecule has 2 aromatic rings. The fourth-order valence-corrected chi connectivity index (χ4v) is 3.05. The summed E-state index contributed by atoms with van der Waals surface area (Å²) >= 11 is 0. The van der Waals surface area contributed by atoms with Crippen molar-refractivity contribution in [3.63, 3.8) is 0 Å². The number of amides is 1. The maximum Gasteiger partial charge on any atom is 0.433 e. The summed E-state index contributed by atoms with van der Waals surface area (Å²) in [6, 6.07) is 4.30. The first kappa shape index (κ1) is 18.4. The zero-order valence-corrected chi connectivity index (χ0v) is 14.4. The molecule has 3 heterocycles. The van der Waals surface area contributed by atoms with Crippen molar-refractivity contribution in [1.82, 2.24) is 20.6 Å². The maximum atomic E-state index is 12.6. The van der Waals surface area contributed by atoms with Gasteiger partial charge in [-0.15, -0.1) is 0 Å². The van der Waals surface area contributed by atoms with Gasteiger partial charge in [-0.3, -0.25) is 9.78 Å². The van der Waals surface area contributed by atoms with Gasteiger partial charge < -0.3 is 15.6 Å². The number of hydrogen-bond acceptors (Lipinski definition) is 3. The minimum absolute atomic E-state index is 0.156. The van der Waals surface area contributed by atoms with Crippen molar-refractivity contribution in [3.8, 4) is 0 Å². The summed E-state index contributed by atoms with van der Waals surface area (Å²) in [5, 5.41) is 6.26. The molecule has 0 spiro atoms. The molecular formula is C18H21F3N4O. The predicted octanol–water partition coefficient (Wildman–Crippen LogP) is 2.81. The van der Waals surface area contributed by atoms with Gasteiger partial charge in [0.25, 0.3) is 5.91 Å². The fourth-order valence-electron chi connectivity index (χ4n) is 3.05. The molecule has 26 heavy (non-hydrogen) atoms. The van der Waals surface area contributed by atoms with Crippen molar-refractivity contribution >= 4 is 5.91 Å². The smallest absolute Gasteiger partial charge is 0.354 e. The second kappa shape index (κ2) is 7.49. The Balaban J connectivity index is 1.67. The average Bonchev–Trinajstić information content (AvgIpc) is 2.96. The normalized spacial score (nSPS) is 15.8. The number of H-pyrrole nitrogens is 1. The number of alkyl halides is 3. The van der Waals surface area contributed by atoms with Gasteiger partial charge in [0, 0.05) is 24.4 Å². The molecule has 0 atom stereocenters. The van der Waals surface area contributed by atoms with E-state index in [1.165, 1.54) is 12.3 Å². The van der Waals surface area contributed by atoms with E-state index in [9.17, 15) is 18.0 Å². The van der Waals surface area contributed by atoms with E-state index in [-0.39, 0.29) is 11.9 Å². The van der Waals surface area contributed by atoms with E-state index in [1.54, 1.807) is 6.07 Å². The molecule has 0 aromatic carbocycles. The summed E-state index contributed by atoms with van der Waals surface area (Å²) in [5.41, 5.74) is 1.90. The molecule has 3 N–H and O–H groups in total. The molecule has 1 saturated heterocycles. The Kier molecular flexibility index (Phi) is 5.31. The number of aryl methyl sites for hydroxylation is 1. The molecule has 140 valence electrons. The first-order chi connectivity index (χ1) is 12.3. The van der Waals surface area contributed by atoms with Gasteiger partial charge in [0.05, 0.1) is 0 Å². The van der Waals surface area contributed by atoms with E-state index in [2.05, 4.69) is 20.6 Å². The van der Waals surface area contributed by atoms with Crippen LogP contribution in [0.15, 0.2) is 24.4 Å². The second-order valence-corrected chi connectivity index (χ2v) is 6.56. The Morgan fingerprint density at radius 3 is 2.65 bits per heavy atom. The van der Waals surface area contributed by atoms with Crippen LogP contribution in [0.2, 0.25) is 0 Å². The molecule has 0 saturated carbocycles. The molecule has 1 amide bonds. The molecule has 0 bridgehead atoms. The average molecular weight is 366 g/mol. The highest BCUT2D eigenvalue weighted by molar-refractivity contribution is 5.93. The lowest BCUT2D eigenvalue weighted by Crippen LogP contribution is -2.42. The number of pyridine rings is 1. The van der Waals surface area contributed by atoms with Crippen LogP contribution in [0.1, 0.15) is 45.8 Å². The highest BCUT2D eigenvalue weighted by atomic mass is 19.4. The monoisotopic (exact) mass is 366 g/mol. The maximum absolute atomic E-state index is 12.6. The molecule has 0 unspecified atom stereocenters. The van der Waals surface area contributed by atoms with Gasteiger partial charge in [-0.05, 0) is 56.1 Å². The van der Waals surface area contributed by atoms with Crippen molar-refractivity contribution in [1.29, 1.82) is 0 Å². The summed E-state index contributed by atoms with van der Waals surface area (Å²) in [7, 11) is 0. The zero-order chi connectivity index (χ0) is 18.7. The largest absolute Gasteiger partial charge is 0.433 e. The van der Waals surface area contributed by atoms with Gasteiger partial charge in [0.2, 0.25) is 0 Å². The van der Waals surface area contributed by atoms with Crippen LogP contribution in [0.5, 0.6) is 0 Å². The predicted molar refractivity (Wildman–Crippen MR) is 90.9 cm³/mol. The van der Waals surface area contributed by atoms with Crippen LogP contribution >= 0.6 is 0 Å². The number of aromatic nitrogens is 2. The lowest BCUT2D eigenvalue weighted by molar-refractivity contribution is -0.141. The molecule has 1 aliphatic rings. The third kappa shape index (κ3) is 4.43. The molecule has 0 radical (unpaired) electrons. The van der Waals surface area contributed by atoms with E-state index in [0.717, 1.165) is 43.3 Å². The fraction of sp³-hybridized carbons (Fsp3) is 0.444. The quantitative estimate of drug-likeness (QED) is 0.779. The number of carbonyl (C=O) groups is 1. The Labute approximate surface area is 149 Å². The third-order valence-corrected chi connectivity index (χ3v) is 4.55. The number of hydrogen-bond donors (Lipinski definition) is 3. The van der Waals surface area contributed by atoms with Gasteiger partial charge in [-0.25, -0.2) is 0 Å². The van der Waals surface area contributed by atoms with Gasteiger partial charge in [-0.2, -0.15) is 13.2 Å².